The number of Topliss-reactive ketones (excluding diaryl/α,β-unsaturated/α-hetero) is 1. The molecule has 0 atom stereocenters. The van der Waals surface area contributed by atoms with Crippen molar-refractivity contribution >= 4 is 5.78 Å². The molecule has 2 rings (SSSR count). The van der Waals surface area contributed by atoms with Crippen LogP contribution in [0.3, 0.4) is 0 Å². The summed E-state index contributed by atoms with van der Waals surface area (Å²) in [5.74, 6) is 2.53. The van der Waals surface area contributed by atoms with E-state index < -0.39 is 0 Å². The number of halogens is 1. The highest BCUT2D eigenvalue weighted by Crippen LogP contribution is 2.10. The third kappa shape index (κ3) is 4.89. The fourth-order valence-corrected chi connectivity index (χ4v) is 2.18. The lowest BCUT2D eigenvalue weighted by Crippen LogP contribution is -2.03. The van der Waals surface area contributed by atoms with E-state index >= 15 is 0 Å². The predicted octanol–water partition coefficient (Wildman–Crippen LogP) is 3.94. The van der Waals surface area contributed by atoms with Gasteiger partial charge in [0.05, 0.1) is 0 Å². The molecule has 0 N–H and O–H groups in total. The van der Waals surface area contributed by atoms with Crippen LogP contribution >= 0.6 is 0 Å². The fourth-order valence-electron chi connectivity index (χ4n) is 2.18. The molecule has 106 valence electrons. The Hall–Kier alpha value is -2.40. The number of hydrogen-bond donors (Lipinski definition) is 0. The molecule has 0 aliphatic heterocycles. The van der Waals surface area contributed by atoms with E-state index in [1.165, 1.54) is 12.1 Å². The molecule has 0 aliphatic rings. The van der Waals surface area contributed by atoms with E-state index in [9.17, 15) is 9.18 Å². The van der Waals surface area contributed by atoms with Crippen molar-refractivity contribution in [2.75, 3.05) is 0 Å². The van der Waals surface area contributed by atoms with Crippen LogP contribution < -0.4 is 0 Å². The summed E-state index contributed by atoms with van der Waals surface area (Å²) in [5.41, 5.74) is 2.87. The van der Waals surface area contributed by atoms with Gasteiger partial charge in [0.25, 0.3) is 0 Å². The number of hydrogen-bond acceptors (Lipinski definition) is 1. The molecule has 0 fully saturated rings. The molecule has 0 saturated heterocycles. The molecule has 2 heteroatoms. The molecule has 0 amide bonds. The lowest BCUT2D eigenvalue weighted by atomic mass is 10.0. The molecule has 0 aromatic heterocycles. The van der Waals surface area contributed by atoms with Crippen LogP contribution in [0.2, 0.25) is 0 Å². The van der Waals surface area contributed by atoms with Crippen LogP contribution in [0.4, 0.5) is 4.39 Å². The second-order valence-electron chi connectivity index (χ2n) is 5.04. The molecule has 0 saturated carbocycles. The Bertz CT molecular complexity index is 633. The highest BCUT2D eigenvalue weighted by molar-refractivity contribution is 5.80. The van der Waals surface area contributed by atoms with Gasteiger partial charge in [0.2, 0.25) is 0 Å². The summed E-state index contributed by atoms with van der Waals surface area (Å²) < 4.78 is 12.8. The average molecular weight is 280 g/mol. The van der Waals surface area contributed by atoms with E-state index in [2.05, 4.69) is 5.92 Å². The van der Waals surface area contributed by atoms with Crippen LogP contribution in [-0.2, 0) is 17.6 Å². The van der Waals surface area contributed by atoms with Gasteiger partial charge in [0.1, 0.15) is 11.6 Å². The van der Waals surface area contributed by atoms with Crippen LogP contribution in [-0.4, -0.2) is 5.78 Å². The van der Waals surface area contributed by atoms with Crippen molar-refractivity contribution in [3.63, 3.8) is 0 Å². The van der Waals surface area contributed by atoms with Crippen molar-refractivity contribution in [1.29, 1.82) is 0 Å². The van der Waals surface area contributed by atoms with Gasteiger partial charge in [-0.15, -0.1) is 6.42 Å². The topological polar surface area (TPSA) is 17.1 Å². The zero-order valence-corrected chi connectivity index (χ0v) is 11.8. The van der Waals surface area contributed by atoms with E-state index in [0.29, 0.717) is 12.8 Å². The zero-order chi connectivity index (χ0) is 15.1. The van der Waals surface area contributed by atoms with Gasteiger partial charge in [-0.25, -0.2) is 4.39 Å². The minimum absolute atomic E-state index is 0.213. The van der Waals surface area contributed by atoms with Crippen molar-refractivity contribution in [2.45, 2.75) is 25.7 Å². The van der Waals surface area contributed by atoms with E-state index in [0.717, 1.165) is 29.5 Å². The molecule has 0 radical (unpaired) electrons. The van der Waals surface area contributed by atoms with Gasteiger partial charge in [-0.3, -0.25) is 4.79 Å². The van der Waals surface area contributed by atoms with Crippen LogP contribution in [0.1, 0.15) is 29.5 Å². The zero-order valence-electron chi connectivity index (χ0n) is 11.8. The smallest absolute Gasteiger partial charge is 0.137 e. The van der Waals surface area contributed by atoms with E-state index in [1.54, 1.807) is 12.1 Å². The maximum atomic E-state index is 12.8. The van der Waals surface area contributed by atoms with Gasteiger partial charge in [-0.2, -0.15) is 0 Å². The van der Waals surface area contributed by atoms with Gasteiger partial charge in [0.15, 0.2) is 0 Å². The number of carbonyl (C=O) groups is 1. The molecule has 0 aliphatic carbocycles. The molecule has 1 nitrogen and oxygen atoms in total. The monoisotopic (exact) mass is 280 g/mol. The minimum Gasteiger partial charge on any atom is -0.299 e. The van der Waals surface area contributed by atoms with Gasteiger partial charge < -0.3 is 0 Å². The molecule has 0 unspecified atom stereocenters. The number of ketones is 1. The Balaban J connectivity index is 1.76. The molecule has 21 heavy (non-hydrogen) atoms. The van der Waals surface area contributed by atoms with Crippen molar-refractivity contribution < 1.29 is 9.18 Å². The number of carbonyl (C=O) groups excluding carboxylic acids is 1. The standard InChI is InChI=1S/C19H17FO/c1-2-15-6-8-17(9-7-15)14-19(21)5-3-4-16-10-12-18(20)13-11-16/h1,6-13H,3-5,14H2. The molecule has 0 heterocycles. The average Bonchev–Trinajstić information content (AvgIpc) is 2.50. The minimum atomic E-state index is -0.231. The Morgan fingerprint density at radius 1 is 1.00 bits per heavy atom. The summed E-state index contributed by atoms with van der Waals surface area (Å²) in [7, 11) is 0. The fraction of sp³-hybridized carbons (Fsp3) is 0.211. The largest absolute Gasteiger partial charge is 0.299 e. The van der Waals surface area contributed by atoms with Crippen LogP contribution in [0.5, 0.6) is 0 Å². The Kier molecular flexibility index (Phi) is 5.29. The van der Waals surface area contributed by atoms with Crippen molar-refractivity contribution in [3.05, 3.63) is 71.0 Å². The summed E-state index contributed by atoms with van der Waals surface area (Å²) >= 11 is 0. The summed E-state index contributed by atoms with van der Waals surface area (Å²) in [4.78, 5) is 11.9. The number of aryl methyl sites for hydroxylation is 1. The quantitative estimate of drug-likeness (QED) is 0.732. The predicted molar refractivity (Wildman–Crippen MR) is 82.4 cm³/mol. The summed E-state index contributed by atoms with van der Waals surface area (Å²) in [6.45, 7) is 0. The van der Waals surface area contributed by atoms with E-state index in [1.807, 2.05) is 24.3 Å². The highest BCUT2D eigenvalue weighted by atomic mass is 19.1. The van der Waals surface area contributed by atoms with Gasteiger partial charge >= 0.3 is 0 Å². The van der Waals surface area contributed by atoms with Gasteiger partial charge in [0, 0.05) is 18.4 Å². The maximum Gasteiger partial charge on any atom is 0.137 e. The van der Waals surface area contributed by atoms with Gasteiger partial charge in [-0.05, 0) is 48.2 Å². The van der Waals surface area contributed by atoms with Crippen LogP contribution in [0.25, 0.3) is 0 Å². The molecule has 2 aromatic rings. The number of benzene rings is 2. The first kappa shape index (κ1) is 15.0. The van der Waals surface area contributed by atoms with Crippen LogP contribution in [0.15, 0.2) is 48.5 Å². The van der Waals surface area contributed by atoms with Crippen LogP contribution in [0, 0.1) is 18.2 Å². The number of terminal acetylenes is 1. The normalized spacial score (nSPS) is 10.1. The summed E-state index contributed by atoms with van der Waals surface area (Å²) in [6, 6.07) is 13.9. The second kappa shape index (κ2) is 7.40. The first-order valence-electron chi connectivity index (χ1n) is 6.99. The molecule has 0 bridgehead atoms. The Morgan fingerprint density at radius 2 is 1.62 bits per heavy atom. The lowest BCUT2D eigenvalue weighted by molar-refractivity contribution is -0.118. The molecule has 0 spiro atoms. The van der Waals surface area contributed by atoms with E-state index in [4.69, 9.17) is 6.42 Å². The first-order chi connectivity index (χ1) is 10.2. The molecular formula is C19H17FO. The second-order valence-corrected chi connectivity index (χ2v) is 5.04. The molecule has 2 aromatic carbocycles. The first-order valence-corrected chi connectivity index (χ1v) is 6.99. The highest BCUT2D eigenvalue weighted by Gasteiger charge is 2.04. The molecular weight excluding hydrogens is 263 g/mol. The maximum absolute atomic E-state index is 12.8. The van der Waals surface area contributed by atoms with E-state index in [-0.39, 0.29) is 11.6 Å². The van der Waals surface area contributed by atoms with Gasteiger partial charge in [-0.1, -0.05) is 30.2 Å². The number of rotatable bonds is 6. The summed E-state index contributed by atoms with van der Waals surface area (Å²) in [6.07, 6.45) is 7.84. The van der Waals surface area contributed by atoms with Crippen molar-refractivity contribution in [2.24, 2.45) is 0 Å². The summed E-state index contributed by atoms with van der Waals surface area (Å²) in [5, 5.41) is 0. The Morgan fingerprint density at radius 3 is 2.24 bits per heavy atom. The third-order valence-corrected chi connectivity index (χ3v) is 3.36. The Labute approximate surface area is 124 Å². The van der Waals surface area contributed by atoms with Crippen molar-refractivity contribution in [3.8, 4) is 12.3 Å². The third-order valence-electron chi connectivity index (χ3n) is 3.36. The lowest BCUT2D eigenvalue weighted by Gasteiger charge is -2.03. The van der Waals surface area contributed by atoms with Crippen molar-refractivity contribution in [1.82, 2.24) is 0 Å². The SMILES string of the molecule is C#Cc1ccc(CC(=O)CCCc2ccc(F)cc2)cc1.